The van der Waals surface area contributed by atoms with E-state index in [0.29, 0.717) is 41.6 Å². The number of piperidine rings is 3. The van der Waals surface area contributed by atoms with Crippen molar-refractivity contribution in [3.63, 3.8) is 0 Å². The van der Waals surface area contributed by atoms with Gasteiger partial charge in [-0.25, -0.2) is 4.98 Å². The molecule has 5 heterocycles. The molecule has 2 aromatic heterocycles. The number of amides is 1. The van der Waals surface area contributed by atoms with E-state index in [1.807, 2.05) is 59.1 Å². The Morgan fingerprint density at radius 3 is 2.45 bits per heavy atom. The van der Waals surface area contributed by atoms with E-state index < -0.39 is 0 Å². The number of aliphatic imine (C=N–C) groups is 1. The molecule has 0 unspecified atom stereocenters. The molecule has 3 aliphatic heterocycles. The number of fused-ring (bicyclic) bond motifs is 4. The summed E-state index contributed by atoms with van der Waals surface area (Å²) in [6, 6.07) is 15.6. The van der Waals surface area contributed by atoms with Crippen molar-refractivity contribution in [2.75, 3.05) is 32.7 Å². The van der Waals surface area contributed by atoms with Crippen molar-refractivity contribution >= 4 is 17.6 Å². The highest BCUT2D eigenvalue weighted by molar-refractivity contribution is 5.95. The van der Waals surface area contributed by atoms with Gasteiger partial charge in [0.2, 0.25) is 5.78 Å². The zero-order valence-electron chi connectivity index (χ0n) is 23.6. The lowest BCUT2D eigenvalue weighted by molar-refractivity contribution is 0.0620. The first-order valence-corrected chi connectivity index (χ1v) is 14.5. The second kappa shape index (κ2) is 12.2. The monoisotopic (exact) mass is 567 g/mol. The topological polar surface area (TPSA) is 159 Å². The van der Waals surface area contributed by atoms with Crippen molar-refractivity contribution in [1.82, 2.24) is 29.9 Å². The molecule has 0 radical (unpaired) electrons. The van der Waals surface area contributed by atoms with Gasteiger partial charge in [-0.2, -0.15) is 0 Å². The number of carbonyl (C=O) groups excluding carboxylic acids is 1. The van der Waals surface area contributed by atoms with Gasteiger partial charge >= 0.3 is 0 Å². The smallest absolute Gasteiger partial charge is 0.260 e. The lowest BCUT2D eigenvalue weighted by atomic mass is 9.84. The van der Waals surface area contributed by atoms with Crippen LogP contribution in [0.1, 0.15) is 35.2 Å². The summed E-state index contributed by atoms with van der Waals surface area (Å²) in [5.41, 5.74) is 15.2. The Balaban J connectivity index is 1.10. The summed E-state index contributed by atoms with van der Waals surface area (Å²) < 4.78 is 1.83. The number of hydrogen-bond donors (Lipinski definition) is 5. The number of nitrogens with one attached hydrogen (secondary N) is 3. The van der Waals surface area contributed by atoms with Gasteiger partial charge in [-0.15, -0.1) is 0 Å². The van der Waals surface area contributed by atoms with Crippen molar-refractivity contribution in [3.05, 3.63) is 82.4 Å². The molecule has 218 valence electrons. The number of guanidine groups is 1. The fraction of sp³-hybridized carbons (Fsp3) is 0.355. The minimum absolute atomic E-state index is 0.0334. The van der Waals surface area contributed by atoms with E-state index in [1.165, 1.54) is 0 Å². The maximum atomic E-state index is 12.9. The maximum Gasteiger partial charge on any atom is 0.260 e. The summed E-state index contributed by atoms with van der Waals surface area (Å²) in [6.07, 6.45) is 6.86. The van der Waals surface area contributed by atoms with E-state index in [0.717, 1.165) is 62.1 Å². The molecule has 1 amide bonds. The third-order valence-electron chi connectivity index (χ3n) is 8.29. The third kappa shape index (κ3) is 6.22. The Morgan fingerprint density at radius 2 is 1.76 bits per heavy atom. The van der Waals surface area contributed by atoms with Gasteiger partial charge in [-0.1, -0.05) is 36.4 Å². The van der Waals surface area contributed by atoms with Crippen molar-refractivity contribution in [3.8, 4) is 22.4 Å². The van der Waals surface area contributed by atoms with Gasteiger partial charge in [0.1, 0.15) is 0 Å². The lowest BCUT2D eigenvalue weighted by Gasteiger charge is -2.44. The molecule has 11 nitrogen and oxygen atoms in total. The summed E-state index contributed by atoms with van der Waals surface area (Å²) in [5.74, 6) is 1.12. The summed E-state index contributed by atoms with van der Waals surface area (Å²) >= 11 is 0. The highest BCUT2D eigenvalue weighted by Crippen LogP contribution is 2.28. The average molecular weight is 568 g/mol. The highest BCUT2D eigenvalue weighted by atomic mass is 16.1. The molecular weight excluding hydrogens is 530 g/mol. The standard InChI is InChI=1S/C31H37N9O2/c32-30(33)35-13-1-12-34-16-20-2-4-21(5-3-20)25-17-40-19-27(37-31(40)38-29(25)42)22-6-8-24(9-7-22)28(41)36-26-18-39-14-10-23(26)11-15-39/h2-9,17,19,23,26,34H,1,10-16,18H2,(H,36,41)(H4,32,33,35)(H,37,38,42)/t26-/m1/s1. The Bertz CT molecular complexity index is 1630. The third-order valence-corrected chi connectivity index (χ3v) is 8.29. The second-order valence-electron chi connectivity index (χ2n) is 11.2. The summed E-state index contributed by atoms with van der Waals surface area (Å²) in [4.78, 5) is 39.8. The largest absolute Gasteiger partial charge is 0.370 e. The first kappa shape index (κ1) is 27.7. The van der Waals surface area contributed by atoms with Crippen LogP contribution in [0, 0.1) is 5.92 Å². The van der Waals surface area contributed by atoms with Gasteiger partial charge in [-0.3, -0.25) is 24.0 Å². The molecular formula is C31H37N9O2. The predicted molar refractivity (Wildman–Crippen MR) is 164 cm³/mol. The van der Waals surface area contributed by atoms with Crippen LogP contribution in [0.2, 0.25) is 0 Å². The van der Waals surface area contributed by atoms with Crippen LogP contribution < -0.4 is 27.7 Å². The van der Waals surface area contributed by atoms with Gasteiger partial charge in [0, 0.05) is 49.2 Å². The SMILES string of the molecule is NC(N)=NCCCNCc1ccc(-c2cn3cc(-c4ccc(C(=O)N[C@@H]5CN6CCC5CC6)cc4)nc3[nH]c2=O)cc1. The van der Waals surface area contributed by atoms with Crippen molar-refractivity contribution < 1.29 is 4.79 Å². The van der Waals surface area contributed by atoms with Crippen molar-refractivity contribution in [2.24, 2.45) is 22.4 Å². The van der Waals surface area contributed by atoms with E-state index in [9.17, 15) is 9.59 Å². The van der Waals surface area contributed by atoms with Crippen LogP contribution in [0.15, 0.2) is 70.7 Å². The van der Waals surface area contributed by atoms with Gasteiger partial charge in [0.25, 0.3) is 11.5 Å². The normalized spacial score (nSPS) is 19.6. The zero-order valence-corrected chi connectivity index (χ0v) is 23.6. The van der Waals surface area contributed by atoms with Crippen LogP contribution in [0.5, 0.6) is 0 Å². The van der Waals surface area contributed by atoms with Crippen LogP contribution in [-0.2, 0) is 6.54 Å². The summed E-state index contributed by atoms with van der Waals surface area (Å²) in [7, 11) is 0. The number of rotatable bonds is 10. The first-order chi connectivity index (χ1) is 20.4. The summed E-state index contributed by atoms with van der Waals surface area (Å²) in [5, 5.41) is 6.61. The highest BCUT2D eigenvalue weighted by Gasteiger charge is 2.34. The quantitative estimate of drug-likeness (QED) is 0.111. The molecule has 0 spiro atoms. The minimum Gasteiger partial charge on any atom is -0.370 e. The molecule has 2 aromatic carbocycles. The van der Waals surface area contributed by atoms with E-state index in [4.69, 9.17) is 11.5 Å². The molecule has 1 atom stereocenters. The van der Waals surface area contributed by atoms with Crippen molar-refractivity contribution in [1.29, 1.82) is 0 Å². The van der Waals surface area contributed by atoms with Crippen LogP contribution in [0.4, 0.5) is 0 Å². The van der Waals surface area contributed by atoms with E-state index in [2.05, 4.69) is 30.5 Å². The number of imidazole rings is 1. The Labute approximate surface area is 244 Å². The lowest BCUT2D eigenvalue weighted by Crippen LogP contribution is -2.57. The minimum atomic E-state index is -0.204. The molecule has 3 saturated heterocycles. The van der Waals surface area contributed by atoms with E-state index >= 15 is 0 Å². The number of carbonyl (C=O) groups is 1. The molecule has 11 heteroatoms. The average Bonchev–Trinajstić information content (AvgIpc) is 3.42. The summed E-state index contributed by atoms with van der Waals surface area (Å²) in [6.45, 7) is 5.34. The van der Waals surface area contributed by atoms with Gasteiger partial charge in [0.15, 0.2) is 5.96 Å². The molecule has 4 aromatic rings. The Morgan fingerprint density at radius 1 is 1.02 bits per heavy atom. The molecule has 7 rings (SSSR count). The molecule has 0 aliphatic carbocycles. The fourth-order valence-corrected chi connectivity index (χ4v) is 5.92. The van der Waals surface area contributed by atoms with Gasteiger partial charge in [-0.05, 0) is 68.1 Å². The number of nitrogens with two attached hydrogens (primary N) is 2. The zero-order chi connectivity index (χ0) is 29.1. The second-order valence-corrected chi connectivity index (χ2v) is 11.2. The molecule has 2 bridgehead atoms. The van der Waals surface area contributed by atoms with Crippen LogP contribution in [0.25, 0.3) is 28.2 Å². The fourth-order valence-electron chi connectivity index (χ4n) is 5.92. The number of aromatic nitrogens is 3. The first-order valence-electron chi connectivity index (χ1n) is 14.5. The van der Waals surface area contributed by atoms with E-state index in [1.54, 1.807) is 6.20 Å². The number of hydrogen-bond acceptors (Lipinski definition) is 6. The molecule has 3 fully saturated rings. The molecule has 0 saturated carbocycles. The molecule has 42 heavy (non-hydrogen) atoms. The van der Waals surface area contributed by atoms with Crippen LogP contribution >= 0.6 is 0 Å². The van der Waals surface area contributed by atoms with Gasteiger partial charge in [0.05, 0.1) is 11.3 Å². The van der Waals surface area contributed by atoms with Crippen LogP contribution in [0.3, 0.4) is 0 Å². The molecule has 7 N–H and O–H groups in total. The number of nitrogens with zero attached hydrogens (tertiary/aromatic N) is 4. The number of benzene rings is 2. The molecule has 3 aliphatic rings. The predicted octanol–water partition coefficient (Wildman–Crippen LogP) is 1.93. The van der Waals surface area contributed by atoms with Crippen molar-refractivity contribution in [2.45, 2.75) is 31.8 Å². The Kier molecular flexibility index (Phi) is 8.02. The van der Waals surface area contributed by atoms with Gasteiger partial charge < -0.3 is 27.0 Å². The Hall–Kier alpha value is -4.48. The van der Waals surface area contributed by atoms with E-state index in [-0.39, 0.29) is 23.5 Å². The number of H-pyrrole nitrogens is 1. The van der Waals surface area contributed by atoms with Crippen LogP contribution in [-0.4, -0.2) is 69.9 Å². The maximum absolute atomic E-state index is 12.9. The number of aromatic amines is 1.